The van der Waals surface area contributed by atoms with Gasteiger partial charge in [0.25, 0.3) is 0 Å². The molecule has 0 radical (unpaired) electrons. The molecule has 0 saturated carbocycles. The van der Waals surface area contributed by atoms with E-state index in [1.54, 1.807) is 0 Å². The van der Waals surface area contributed by atoms with Gasteiger partial charge >= 0.3 is 0 Å². The summed E-state index contributed by atoms with van der Waals surface area (Å²) in [5.74, 6) is 0. The Morgan fingerprint density at radius 2 is 1.83 bits per heavy atom. The smallest absolute Gasteiger partial charge is 0.146 e. The van der Waals surface area contributed by atoms with E-state index in [1.165, 1.54) is 5.56 Å². The Morgan fingerprint density at radius 1 is 1.25 bits per heavy atom. The van der Waals surface area contributed by atoms with Crippen LogP contribution in [0.4, 0.5) is 0 Å². The number of rotatable bonds is 3. The van der Waals surface area contributed by atoms with E-state index in [0.29, 0.717) is 0 Å². The fraction of sp³-hybridized carbons (Fsp3) is 0.400. The Labute approximate surface area is 77.3 Å². The van der Waals surface area contributed by atoms with Crippen molar-refractivity contribution >= 4 is 10.5 Å². The van der Waals surface area contributed by atoms with E-state index in [4.69, 9.17) is 4.43 Å². The van der Waals surface area contributed by atoms with Crippen LogP contribution in [0.15, 0.2) is 30.3 Å². The van der Waals surface area contributed by atoms with Crippen LogP contribution in [0.1, 0.15) is 19.4 Å². The largest absolute Gasteiger partial charge is 0.427 e. The van der Waals surface area contributed by atoms with Gasteiger partial charge in [-0.3, -0.25) is 0 Å². The van der Waals surface area contributed by atoms with Gasteiger partial charge in [-0.05, 0) is 5.56 Å². The summed E-state index contributed by atoms with van der Waals surface area (Å²) in [5.41, 5.74) is 1.50. The molecule has 66 valence electrons. The molecule has 0 aliphatic rings. The Hall–Kier alpha value is -0.603. The molecule has 0 heterocycles. The van der Waals surface area contributed by atoms with Crippen LogP contribution in [0.5, 0.6) is 0 Å². The molecular formula is C10H16OSi. The maximum absolute atomic E-state index is 5.30. The third kappa shape index (κ3) is 2.19. The molecule has 1 aromatic carbocycles. The van der Waals surface area contributed by atoms with Gasteiger partial charge in [0.1, 0.15) is 10.5 Å². The van der Waals surface area contributed by atoms with Crippen molar-refractivity contribution in [1.82, 2.24) is 0 Å². The zero-order valence-corrected chi connectivity index (χ0v) is 10.0. The van der Waals surface area contributed by atoms with Crippen LogP contribution >= 0.6 is 0 Å². The lowest BCUT2D eigenvalue weighted by atomic mass is 9.86. The SMILES string of the molecule is CC(C)(CO[SiH3])c1ccccc1. The van der Waals surface area contributed by atoms with Crippen LogP contribution in [-0.4, -0.2) is 17.1 Å². The quantitative estimate of drug-likeness (QED) is 0.636. The molecule has 0 N–H and O–H groups in total. The van der Waals surface area contributed by atoms with E-state index in [-0.39, 0.29) is 5.41 Å². The molecule has 1 nitrogen and oxygen atoms in total. The highest BCUT2D eigenvalue weighted by Gasteiger charge is 2.18. The summed E-state index contributed by atoms with van der Waals surface area (Å²) >= 11 is 0. The summed E-state index contributed by atoms with van der Waals surface area (Å²) in [5, 5.41) is 0. The minimum atomic E-state index is 0.156. The molecule has 0 spiro atoms. The van der Waals surface area contributed by atoms with Crippen molar-refractivity contribution in [1.29, 1.82) is 0 Å². The first-order chi connectivity index (χ1) is 5.67. The first-order valence-corrected chi connectivity index (χ1v) is 5.03. The zero-order chi connectivity index (χ0) is 9.03. The summed E-state index contributed by atoms with van der Waals surface area (Å²) in [6, 6.07) is 10.5. The molecule has 0 amide bonds. The molecule has 0 aliphatic carbocycles. The van der Waals surface area contributed by atoms with Crippen LogP contribution in [0.25, 0.3) is 0 Å². The highest BCUT2D eigenvalue weighted by Crippen LogP contribution is 2.22. The molecule has 0 aromatic heterocycles. The van der Waals surface area contributed by atoms with Crippen molar-refractivity contribution in [3.63, 3.8) is 0 Å². The summed E-state index contributed by atoms with van der Waals surface area (Å²) in [7, 11) is 0.821. The number of hydrogen-bond donors (Lipinski definition) is 0. The molecule has 1 aromatic rings. The van der Waals surface area contributed by atoms with Crippen molar-refractivity contribution in [3.05, 3.63) is 35.9 Å². The third-order valence-electron chi connectivity index (χ3n) is 2.06. The van der Waals surface area contributed by atoms with Crippen molar-refractivity contribution < 1.29 is 4.43 Å². The lowest BCUT2D eigenvalue weighted by Gasteiger charge is -2.24. The lowest BCUT2D eigenvalue weighted by Crippen LogP contribution is -2.23. The van der Waals surface area contributed by atoms with E-state index in [0.717, 1.165) is 17.1 Å². The Bertz CT molecular complexity index is 231. The molecule has 0 aliphatic heterocycles. The van der Waals surface area contributed by atoms with Gasteiger partial charge in [-0.15, -0.1) is 0 Å². The first-order valence-electron chi connectivity index (χ1n) is 4.21. The monoisotopic (exact) mass is 180 g/mol. The average molecular weight is 180 g/mol. The molecular weight excluding hydrogens is 164 g/mol. The van der Waals surface area contributed by atoms with Gasteiger partial charge in [0.15, 0.2) is 0 Å². The maximum atomic E-state index is 5.30. The third-order valence-corrected chi connectivity index (χ3v) is 2.35. The minimum Gasteiger partial charge on any atom is -0.427 e. The molecule has 0 saturated heterocycles. The highest BCUT2D eigenvalue weighted by molar-refractivity contribution is 5.98. The van der Waals surface area contributed by atoms with Gasteiger partial charge in [0.2, 0.25) is 0 Å². The normalized spacial score (nSPS) is 11.8. The van der Waals surface area contributed by atoms with Crippen molar-refractivity contribution in [3.8, 4) is 0 Å². The van der Waals surface area contributed by atoms with E-state index < -0.39 is 0 Å². The zero-order valence-electron chi connectivity index (χ0n) is 8.00. The average Bonchev–Trinajstić information content (AvgIpc) is 2.06. The van der Waals surface area contributed by atoms with E-state index in [1.807, 2.05) is 6.07 Å². The lowest BCUT2D eigenvalue weighted by molar-refractivity contribution is 0.260. The van der Waals surface area contributed by atoms with Crippen LogP contribution in [0, 0.1) is 0 Å². The molecule has 0 atom stereocenters. The highest BCUT2D eigenvalue weighted by atomic mass is 28.2. The van der Waals surface area contributed by atoms with Gasteiger partial charge in [-0.1, -0.05) is 44.2 Å². The fourth-order valence-corrected chi connectivity index (χ4v) is 2.06. The van der Waals surface area contributed by atoms with Crippen LogP contribution in [0.2, 0.25) is 0 Å². The van der Waals surface area contributed by atoms with Crippen molar-refractivity contribution in [2.45, 2.75) is 19.3 Å². The second-order valence-corrected chi connectivity index (χ2v) is 4.26. The Morgan fingerprint density at radius 3 is 2.33 bits per heavy atom. The van der Waals surface area contributed by atoms with Gasteiger partial charge in [0.05, 0.1) is 0 Å². The maximum Gasteiger partial charge on any atom is 0.146 e. The van der Waals surface area contributed by atoms with Crippen LogP contribution < -0.4 is 0 Å². The van der Waals surface area contributed by atoms with Gasteiger partial charge in [-0.2, -0.15) is 0 Å². The number of hydrogen-bond acceptors (Lipinski definition) is 1. The predicted octanol–water partition coefficient (Wildman–Crippen LogP) is 1.26. The first kappa shape index (κ1) is 9.48. The Balaban J connectivity index is 2.82. The van der Waals surface area contributed by atoms with E-state index in [9.17, 15) is 0 Å². The Kier molecular flexibility index (Phi) is 3.06. The van der Waals surface area contributed by atoms with Crippen LogP contribution in [0.3, 0.4) is 0 Å². The van der Waals surface area contributed by atoms with Gasteiger partial charge in [0, 0.05) is 12.0 Å². The van der Waals surface area contributed by atoms with E-state index >= 15 is 0 Å². The number of benzene rings is 1. The minimum absolute atomic E-state index is 0.156. The molecule has 1 rings (SSSR count). The fourth-order valence-electron chi connectivity index (χ4n) is 1.33. The summed E-state index contributed by atoms with van der Waals surface area (Å²) < 4.78 is 5.30. The molecule has 0 fully saturated rings. The summed E-state index contributed by atoms with van der Waals surface area (Å²) in [4.78, 5) is 0. The standard InChI is InChI=1S/C10H16OSi/c1-10(2,8-11-12)9-6-4-3-5-7-9/h3-7H,8H2,1-2,12H3. The predicted molar refractivity (Wildman–Crippen MR) is 55.4 cm³/mol. The molecule has 12 heavy (non-hydrogen) atoms. The second kappa shape index (κ2) is 3.87. The topological polar surface area (TPSA) is 9.23 Å². The van der Waals surface area contributed by atoms with Crippen LogP contribution in [-0.2, 0) is 9.84 Å². The van der Waals surface area contributed by atoms with Crippen molar-refractivity contribution in [2.24, 2.45) is 0 Å². The van der Waals surface area contributed by atoms with Crippen molar-refractivity contribution in [2.75, 3.05) is 6.61 Å². The van der Waals surface area contributed by atoms with Gasteiger partial charge < -0.3 is 4.43 Å². The molecule has 0 unspecified atom stereocenters. The molecule has 0 bridgehead atoms. The van der Waals surface area contributed by atoms with E-state index in [2.05, 4.69) is 38.1 Å². The van der Waals surface area contributed by atoms with Gasteiger partial charge in [-0.25, -0.2) is 0 Å². The summed E-state index contributed by atoms with van der Waals surface area (Å²) in [6.07, 6.45) is 0. The summed E-state index contributed by atoms with van der Waals surface area (Å²) in [6.45, 7) is 5.24. The molecule has 2 heteroatoms. The second-order valence-electron chi connectivity index (χ2n) is 3.68.